The standard InChI is InChI=1S/C13H15ClN2O5/c14-10-3-1-9(2-4-10)11(18)15-5-6-16(7-8-17)12(19)13(20)21/h1-4,17H,5-8H2,(H,15,18)(H,20,21). The molecule has 0 saturated carbocycles. The highest BCUT2D eigenvalue weighted by Gasteiger charge is 2.20. The van der Waals surface area contributed by atoms with Crippen molar-refractivity contribution in [3.05, 3.63) is 34.9 Å². The zero-order valence-corrected chi connectivity index (χ0v) is 11.8. The number of carboxylic acid groups (broad SMARTS) is 1. The summed E-state index contributed by atoms with van der Waals surface area (Å²) in [5.74, 6) is -3.09. The molecule has 0 unspecified atom stereocenters. The summed E-state index contributed by atoms with van der Waals surface area (Å²) in [6.45, 7) is -0.405. The van der Waals surface area contributed by atoms with E-state index in [2.05, 4.69) is 5.32 Å². The van der Waals surface area contributed by atoms with Gasteiger partial charge in [0.15, 0.2) is 0 Å². The van der Waals surface area contributed by atoms with Gasteiger partial charge in [0.2, 0.25) is 0 Å². The Bertz CT molecular complexity index is 518. The van der Waals surface area contributed by atoms with Crippen LogP contribution in [0.2, 0.25) is 5.02 Å². The normalized spacial score (nSPS) is 10.0. The van der Waals surface area contributed by atoms with Crippen LogP contribution < -0.4 is 5.32 Å². The lowest BCUT2D eigenvalue weighted by atomic mass is 10.2. The van der Waals surface area contributed by atoms with Gasteiger partial charge in [0.05, 0.1) is 6.61 Å². The molecule has 0 spiro atoms. The summed E-state index contributed by atoms with van der Waals surface area (Å²) >= 11 is 5.71. The van der Waals surface area contributed by atoms with Crippen molar-refractivity contribution in [2.45, 2.75) is 0 Å². The van der Waals surface area contributed by atoms with Crippen LogP contribution in [0, 0.1) is 0 Å². The first kappa shape index (κ1) is 16.9. The van der Waals surface area contributed by atoms with E-state index < -0.39 is 11.9 Å². The number of aliphatic hydroxyl groups excluding tert-OH is 1. The summed E-state index contributed by atoms with van der Waals surface area (Å²) in [5, 5.41) is 20.5. The molecule has 0 fully saturated rings. The summed E-state index contributed by atoms with van der Waals surface area (Å²) in [4.78, 5) is 34.6. The van der Waals surface area contributed by atoms with E-state index in [4.69, 9.17) is 21.8 Å². The SMILES string of the molecule is O=C(O)C(=O)N(CCO)CCNC(=O)c1ccc(Cl)cc1. The van der Waals surface area contributed by atoms with Gasteiger partial charge >= 0.3 is 11.9 Å². The van der Waals surface area contributed by atoms with Crippen LogP contribution >= 0.6 is 11.6 Å². The molecule has 7 nitrogen and oxygen atoms in total. The summed E-state index contributed by atoms with van der Waals surface area (Å²) in [5.41, 5.74) is 0.401. The maximum Gasteiger partial charge on any atom is 0.394 e. The number of amides is 2. The van der Waals surface area contributed by atoms with Crippen LogP contribution in [-0.4, -0.2) is 59.1 Å². The molecule has 1 rings (SSSR count). The third kappa shape index (κ3) is 5.41. The lowest BCUT2D eigenvalue weighted by Crippen LogP contribution is -2.43. The van der Waals surface area contributed by atoms with Crippen molar-refractivity contribution >= 4 is 29.4 Å². The Balaban J connectivity index is 2.50. The first-order chi connectivity index (χ1) is 9.95. The summed E-state index contributed by atoms with van der Waals surface area (Å²) in [6, 6.07) is 6.24. The van der Waals surface area contributed by atoms with Crippen LogP contribution in [0.5, 0.6) is 0 Å². The van der Waals surface area contributed by atoms with E-state index >= 15 is 0 Å². The average molecular weight is 315 g/mol. The molecule has 8 heteroatoms. The highest BCUT2D eigenvalue weighted by molar-refractivity contribution is 6.31. The van der Waals surface area contributed by atoms with Crippen molar-refractivity contribution in [1.82, 2.24) is 10.2 Å². The molecular formula is C13H15ClN2O5. The highest BCUT2D eigenvalue weighted by Crippen LogP contribution is 2.09. The fraction of sp³-hybridized carbons (Fsp3) is 0.308. The fourth-order valence-electron chi connectivity index (χ4n) is 1.58. The number of carbonyl (C=O) groups excluding carboxylic acids is 2. The minimum absolute atomic E-state index is 0.00891. The Hall–Kier alpha value is -2.12. The number of halogens is 1. The van der Waals surface area contributed by atoms with Crippen molar-refractivity contribution < 1.29 is 24.6 Å². The van der Waals surface area contributed by atoms with Crippen molar-refractivity contribution in [2.75, 3.05) is 26.2 Å². The van der Waals surface area contributed by atoms with E-state index in [1.165, 1.54) is 0 Å². The zero-order valence-electron chi connectivity index (χ0n) is 11.1. The van der Waals surface area contributed by atoms with Crippen molar-refractivity contribution in [3.63, 3.8) is 0 Å². The maximum atomic E-state index is 11.8. The maximum absolute atomic E-state index is 11.8. The Kier molecular flexibility index (Phi) is 6.64. The number of rotatable bonds is 6. The molecule has 0 saturated heterocycles. The predicted molar refractivity (Wildman–Crippen MR) is 75.1 cm³/mol. The molecule has 3 N–H and O–H groups in total. The number of aliphatic carboxylic acids is 1. The van der Waals surface area contributed by atoms with E-state index in [0.29, 0.717) is 10.6 Å². The van der Waals surface area contributed by atoms with Crippen LogP contribution in [0.15, 0.2) is 24.3 Å². The Morgan fingerprint density at radius 2 is 1.76 bits per heavy atom. The number of aliphatic hydroxyl groups is 1. The molecule has 1 aromatic carbocycles. The van der Waals surface area contributed by atoms with Gasteiger partial charge in [0.25, 0.3) is 5.91 Å². The van der Waals surface area contributed by atoms with Gasteiger partial charge < -0.3 is 20.4 Å². The van der Waals surface area contributed by atoms with Crippen molar-refractivity contribution in [3.8, 4) is 0 Å². The Morgan fingerprint density at radius 3 is 2.29 bits per heavy atom. The number of nitrogens with zero attached hydrogens (tertiary/aromatic N) is 1. The van der Waals surface area contributed by atoms with E-state index in [-0.39, 0.29) is 32.1 Å². The van der Waals surface area contributed by atoms with Crippen molar-refractivity contribution in [1.29, 1.82) is 0 Å². The number of hydrogen-bond donors (Lipinski definition) is 3. The van der Waals surface area contributed by atoms with Gasteiger partial charge in [-0.2, -0.15) is 0 Å². The van der Waals surface area contributed by atoms with E-state index in [9.17, 15) is 14.4 Å². The van der Waals surface area contributed by atoms with Crippen LogP contribution in [0.25, 0.3) is 0 Å². The molecule has 0 aliphatic carbocycles. The fourth-order valence-corrected chi connectivity index (χ4v) is 1.70. The molecule has 0 aliphatic rings. The van der Waals surface area contributed by atoms with Gasteiger partial charge in [-0.1, -0.05) is 11.6 Å². The van der Waals surface area contributed by atoms with Gasteiger partial charge in [0, 0.05) is 30.2 Å². The van der Waals surface area contributed by atoms with Gasteiger partial charge in [-0.3, -0.25) is 9.59 Å². The molecule has 1 aromatic rings. The highest BCUT2D eigenvalue weighted by atomic mass is 35.5. The Labute approximate surface area is 126 Å². The van der Waals surface area contributed by atoms with E-state index in [0.717, 1.165) is 4.90 Å². The first-order valence-corrected chi connectivity index (χ1v) is 6.50. The third-order valence-corrected chi connectivity index (χ3v) is 2.87. The number of hydrogen-bond acceptors (Lipinski definition) is 4. The summed E-state index contributed by atoms with van der Waals surface area (Å²) < 4.78 is 0. The third-order valence-electron chi connectivity index (χ3n) is 2.61. The zero-order chi connectivity index (χ0) is 15.8. The minimum atomic E-state index is -1.60. The summed E-state index contributed by atoms with van der Waals surface area (Å²) in [7, 11) is 0. The number of benzene rings is 1. The van der Waals surface area contributed by atoms with Crippen LogP contribution in [0.4, 0.5) is 0 Å². The largest absolute Gasteiger partial charge is 0.474 e. The van der Waals surface area contributed by atoms with Crippen LogP contribution in [-0.2, 0) is 9.59 Å². The molecule has 2 amide bonds. The van der Waals surface area contributed by atoms with Gasteiger partial charge in [-0.25, -0.2) is 4.79 Å². The van der Waals surface area contributed by atoms with E-state index in [1.807, 2.05) is 0 Å². The predicted octanol–water partition coefficient (Wildman–Crippen LogP) is -0.0247. The quantitative estimate of drug-likeness (QED) is 0.639. The topological polar surface area (TPSA) is 107 Å². The number of carbonyl (C=O) groups is 3. The van der Waals surface area contributed by atoms with E-state index in [1.54, 1.807) is 24.3 Å². The van der Waals surface area contributed by atoms with Gasteiger partial charge in [-0.15, -0.1) is 0 Å². The van der Waals surface area contributed by atoms with Gasteiger partial charge in [0.1, 0.15) is 0 Å². The van der Waals surface area contributed by atoms with Crippen molar-refractivity contribution in [2.24, 2.45) is 0 Å². The molecule has 0 aromatic heterocycles. The minimum Gasteiger partial charge on any atom is -0.474 e. The molecule has 21 heavy (non-hydrogen) atoms. The Morgan fingerprint density at radius 1 is 1.14 bits per heavy atom. The monoisotopic (exact) mass is 314 g/mol. The molecular weight excluding hydrogens is 300 g/mol. The average Bonchev–Trinajstić information content (AvgIpc) is 2.46. The molecule has 0 aliphatic heterocycles. The summed E-state index contributed by atoms with van der Waals surface area (Å²) in [6.07, 6.45) is 0. The van der Waals surface area contributed by atoms with Crippen LogP contribution in [0.1, 0.15) is 10.4 Å². The lowest BCUT2D eigenvalue weighted by molar-refractivity contribution is -0.156. The second-order valence-corrected chi connectivity index (χ2v) is 4.52. The molecule has 114 valence electrons. The van der Waals surface area contributed by atoms with Gasteiger partial charge in [-0.05, 0) is 24.3 Å². The van der Waals surface area contributed by atoms with Crippen LogP contribution in [0.3, 0.4) is 0 Å². The number of carboxylic acids is 1. The molecule has 0 atom stereocenters. The lowest BCUT2D eigenvalue weighted by Gasteiger charge is -2.19. The first-order valence-electron chi connectivity index (χ1n) is 6.12. The molecule has 0 radical (unpaired) electrons. The smallest absolute Gasteiger partial charge is 0.394 e. The second-order valence-electron chi connectivity index (χ2n) is 4.08. The molecule has 0 bridgehead atoms. The second kappa shape index (κ2) is 8.23. The molecule has 0 heterocycles. The number of nitrogens with one attached hydrogen (secondary N) is 1.